The van der Waals surface area contributed by atoms with E-state index in [2.05, 4.69) is 9.88 Å². The van der Waals surface area contributed by atoms with Gasteiger partial charge in [0.15, 0.2) is 0 Å². The highest BCUT2D eigenvalue weighted by Crippen LogP contribution is 2.24. The minimum Gasteiger partial charge on any atom is -0.343 e. The number of fused-ring (bicyclic) bond motifs is 1. The van der Waals surface area contributed by atoms with Crippen molar-refractivity contribution in [1.82, 2.24) is 14.8 Å². The zero-order chi connectivity index (χ0) is 17.8. The van der Waals surface area contributed by atoms with Gasteiger partial charge < -0.3 is 4.90 Å². The summed E-state index contributed by atoms with van der Waals surface area (Å²) in [6.07, 6.45) is 3.49. The Hall–Kier alpha value is -2.01. The molecule has 1 aliphatic heterocycles. The molecule has 1 aromatic heterocycles. The third-order valence-electron chi connectivity index (χ3n) is 5.15. The van der Waals surface area contributed by atoms with E-state index < -0.39 is 0 Å². The fourth-order valence-corrected chi connectivity index (χ4v) is 3.72. The van der Waals surface area contributed by atoms with E-state index in [-0.39, 0.29) is 17.6 Å². The monoisotopic (exact) mass is 343 g/mol. The fourth-order valence-electron chi connectivity index (χ4n) is 3.72. The standard InChI is InChI=1S/C20H26FN3O/c1-3-24(4-2)20(25)15-7-10-23(11-8-15)14-17-13-18(21)12-16-6-5-9-22-19(16)17/h5-6,9,12-13,15H,3-4,7-8,10-11,14H2,1-2H3. The maximum absolute atomic E-state index is 13.9. The molecular formula is C20H26FN3O. The first kappa shape index (κ1) is 17.8. The number of rotatable bonds is 5. The average molecular weight is 343 g/mol. The normalized spacial score (nSPS) is 16.3. The van der Waals surface area contributed by atoms with Crippen LogP contribution in [0.2, 0.25) is 0 Å². The van der Waals surface area contributed by atoms with Gasteiger partial charge in [-0.1, -0.05) is 6.07 Å². The van der Waals surface area contributed by atoms with Crippen LogP contribution in [0, 0.1) is 11.7 Å². The van der Waals surface area contributed by atoms with Crippen molar-refractivity contribution in [1.29, 1.82) is 0 Å². The van der Waals surface area contributed by atoms with Gasteiger partial charge in [-0.15, -0.1) is 0 Å². The number of amides is 1. The van der Waals surface area contributed by atoms with Gasteiger partial charge >= 0.3 is 0 Å². The van der Waals surface area contributed by atoms with Crippen LogP contribution in [-0.2, 0) is 11.3 Å². The van der Waals surface area contributed by atoms with Crippen molar-refractivity contribution in [2.75, 3.05) is 26.2 Å². The number of carbonyl (C=O) groups is 1. The van der Waals surface area contributed by atoms with Gasteiger partial charge in [0.25, 0.3) is 0 Å². The molecule has 1 saturated heterocycles. The summed E-state index contributed by atoms with van der Waals surface area (Å²) in [5, 5.41) is 0.837. The largest absolute Gasteiger partial charge is 0.343 e. The van der Waals surface area contributed by atoms with Gasteiger partial charge in [-0.3, -0.25) is 14.7 Å². The van der Waals surface area contributed by atoms with Crippen LogP contribution in [0.1, 0.15) is 32.3 Å². The van der Waals surface area contributed by atoms with Crippen LogP contribution in [0.25, 0.3) is 10.9 Å². The number of hydrogen-bond donors (Lipinski definition) is 0. The molecule has 3 rings (SSSR count). The predicted octanol–water partition coefficient (Wildman–Crippen LogP) is 3.45. The molecule has 0 saturated carbocycles. The molecule has 0 atom stereocenters. The first-order chi connectivity index (χ1) is 12.1. The van der Waals surface area contributed by atoms with E-state index in [9.17, 15) is 9.18 Å². The number of pyridine rings is 1. The Morgan fingerprint density at radius 3 is 2.68 bits per heavy atom. The minimum atomic E-state index is -0.220. The summed E-state index contributed by atoms with van der Waals surface area (Å²) in [5.74, 6) is 0.183. The third kappa shape index (κ3) is 3.98. The van der Waals surface area contributed by atoms with Crippen molar-refractivity contribution in [3.05, 3.63) is 41.8 Å². The summed E-state index contributed by atoms with van der Waals surface area (Å²) in [4.78, 5) is 21.1. The zero-order valence-corrected chi connectivity index (χ0v) is 15.0. The van der Waals surface area contributed by atoms with Gasteiger partial charge in [0.05, 0.1) is 5.52 Å². The summed E-state index contributed by atoms with van der Waals surface area (Å²) >= 11 is 0. The van der Waals surface area contributed by atoms with Gasteiger partial charge in [-0.05, 0) is 63.5 Å². The summed E-state index contributed by atoms with van der Waals surface area (Å²) in [5.41, 5.74) is 1.79. The molecule has 0 N–H and O–H groups in total. The van der Waals surface area contributed by atoms with Crippen molar-refractivity contribution in [2.45, 2.75) is 33.2 Å². The van der Waals surface area contributed by atoms with Crippen LogP contribution in [-0.4, -0.2) is 46.9 Å². The summed E-state index contributed by atoms with van der Waals surface area (Å²) in [6, 6.07) is 6.84. The third-order valence-corrected chi connectivity index (χ3v) is 5.15. The van der Waals surface area contributed by atoms with Gasteiger partial charge in [0.2, 0.25) is 5.91 Å². The van der Waals surface area contributed by atoms with Crippen LogP contribution < -0.4 is 0 Å². The van der Waals surface area contributed by atoms with Crippen molar-refractivity contribution >= 4 is 16.8 Å². The Kier molecular flexibility index (Phi) is 5.63. The molecule has 1 fully saturated rings. The molecule has 134 valence electrons. The van der Waals surface area contributed by atoms with Crippen LogP contribution in [0.5, 0.6) is 0 Å². The highest BCUT2D eigenvalue weighted by atomic mass is 19.1. The number of carbonyl (C=O) groups excluding carboxylic acids is 1. The van der Waals surface area contributed by atoms with E-state index in [1.807, 2.05) is 30.9 Å². The fraction of sp³-hybridized carbons (Fsp3) is 0.500. The Labute approximate surface area is 148 Å². The highest BCUT2D eigenvalue weighted by Gasteiger charge is 2.27. The molecule has 4 nitrogen and oxygen atoms in total. The second-order valence-electron chi connectivity index (χ2n) is 6.70. The van der Waals surface area contributed by atoms with Crippen LogP contribution in [0.15, 0.2) is 30.5 Å². The van der Waals surface area contributed by atoms with Crippen LogP contribution in [0.3, 0.4) is 0 Å². The first-order valence-corrected chi connectivity index (χ1v) is 9.16. The number of nitrogens with zero attached hydrogens (tertiary/aromatic N) is 3. The van der Waals surface area contributed by atoms with Gasteiger partial charge in [0.1, 0.15) is 5.82 Å². The summed E-state index contributed by atoms with van der Waals surface area (Å²) in [6.45, 7) is 8.01. The Bertz CT molecular complexity index is 737. The van der Waals surface area contributed by atoms with Crippen molar-refractivity contribution in [3.63, 3.8) is 0 Å². The van der Waals surface area contributed by atoms with E-state index in [1.165, 1.54) is 6.07 Å². The molecule has 25 heavy (non-hydrogen) atoms. The molecule has 2 aromatic rings. The molecule has 1 amide bonds. The van der Waals surface area contributed by atoms with E-state index in [1.54, 1.807) is 12.3 Å². The van der Waals surface area contributed by atoms with E-state index in [0.717, 1.165) is 55.5 Å². The summed E-state index contributed by atoms with van der Waals surface area (Å²) in [7, 11) is 0. The highest BCUT2D eigenvalue weighted by molar-refractivity contribution is 5.81. The van der Waals surface area contributed by atoms with E-state index in [4.69, 9.17) is 0 Å². The zero-order valence-electron chi connectivity index (χ0n) is 15.0. The van der Waals surface area contributed by atoms with E-state index >= 15 is 0 Å². The Morgan fingerprint density at radius 1 is 1.28 bits per heavy atom. The maximum Gasteiger partial charge on any atom is 0.225 e. The SMILES string of the molecule is CCN(CC)C(=O)C1CCN(Cc2cc(F)cc3cccnc23)CC1. The lowest BCUT2D eigenvalue weighted by Crippen LogP contribution is -2.42. The van der Waals surface area contributed by atoms with Gasteiger partial charge in [-0.25, -0.2) is 4.39 Å². The molecule has 0 spiro atoms. The van der Waals surface area contributed by atoms with Crippen LogP contribution in [0.4, 0.5) is 4.39 Å². The molecule has 0 bridgehead atoms. The second kappa shape index (κ2) is 7.91. The van der Waals surface area contributed by atoms with Gasteiger partial charge in [-0.2, -0.15) is 0 Å². The number of benzene rings is 1. The molecule has 0 unspecified atom stereocenters. The molecule has 0 radical (unpaired) electrons. The van der Waals surface area contributed by atoms with Crippen LogP contribution >= 0.6 is 0 Å². The van der Waals surface area contributed by atoms with Crippen molar-refractivity contribution in [2.24, 2.45) is 5.92 Å². The number of piperidine rings is 1. The topological polar surface area (TPSA) is 36.4 Å². The number of aromatic nitrogens is 1. The smallest absolute Gasteiger partial charge is 0.225 e. The maximum atomic E-state index is 13.9. The quantitative estimate of drug-likeness (QED) is 0.834. The van der Waals surface area contributed by atoms with Crippen molar-refractivity contribution in [3.8, 4) is 0 Å². The van der Waals surface area contributed by atoms with Crippen molar-refractivity contribution < 1.29 is 9.18 Å². The number of hydrogen-bond acceptors (Lipinski definition) is 3. The molecular weight excluding hydrogens is 317 g/mol. The lowest BCUT2D eigenvalue weighted by Gasteiger charge is -2.33. The Morgan fingerprint density at radius 2 is 2.00 bits per heavy atom. The predicted molar refractivity (Wildman–Crippen MR) is 97.6 cm³/mol. The molecule has 5 heteroatoms. The molecule has 1 aromatic carbocycles. The molecule has 2 heterocycles. The molecule has 1 aliphatic rings. The number of likely N-dealkylation sites (tertiary alicyclic amines) is 1. The number of halogens is 1. The second-order valence-corrected chi connectivity index (χ2v) is 6.70. The summed E-state index contributed by atoms with van der Waals surface area (Å²) < 4.78 is 13.9. The lowest BCUT2D eigenvalue weighted by atomic mass is 9.94. The Balaban J connectivity index is 1.66. The first-order valence-electron chi connectivity index (χ1n) is 9.16. The van der Waals surface area contributed by atoms with Gasteiger partial charge in [0, 0.05) is 37.1 Å². The average Bonchev–Trinajstić information content (AvgIpc) is 2.63. The minimum absolute atomic E-state index is 0.124. The molecule has 0 aliphatic carbocycles. The van der Waals surface area contributed by atoms with E-state index in [0.29, 0.717) is 6.54 Å². The lowest BCUT2D eigenvalue weighted by molar-refractivity contribution is -0.136.